The second-order valence-electron chi connectivity index (χ2n) is 11.3. The molecule has 0 saturated carbocycles. The molecule has 0 fully saturated rings. The van der Waals surface area contributed by atoms with E-state index in [4.69, 9.17) is 18.9 Å². The number of benzene rings is 3. The molecule has 2 unspecified atom stereocenters. The number of esters is 1. The van der Waals surface area contributed by atoms with Gasteiger partial charge in [-0.2, -0.15) is 13.2 Å². The third-order valence-electron chi connectivity index (χ3n) is 7.86. The Hall–Kier alpha value is -3.83. The molecular weight excluding hydrogens is 572 g/mol. The SMILES string of the molecule is COC(=O)CC1COc2cc(O[C@@H]3CCc4c(-c5ccc(OCC(O)C(C)(C)O)cc5)c(C(F)(F)F)cc(F)c43)ccc21. The predicted octanol–water partition coefficient (Wildman–Crippen LogP) is 6.13. The molecule has 3 aromatic carbocycles. The van der Waals surface area contributed by atoms with Gasteiger partial charge in [0.2, 0.25) is 0 Å². The van der Waals surface area contributed by atoms with Crippen LogP contribution in [-0.2, 0) is 22.1 Å². The van der Waals surface area contributed by atoms with E-state index >= 15 is 4.39 Å². The lowest BCUT2D eigenvalue weighted by Gasteiger charge is -2.24. The third kappa shape index (κ3) is 6.42. The summed E-state index contributed by atoms with van der Waals surface area (Å²) in [5.41, 5.74) is -1.27. The highest BCUT2D eigenvalue weighted by atomic mass is 19.4. The Morgan fingerprint density at radius 3 is 2.44 bits per heavy atom. The van der Waals surface area contributed by atoms with Gasteiger partial charge in [0, 0.05) is 23.1 Å². The first kappa shape index (κ1) is 30.6. The molecule has 230 valence electrons. The molecule has 0 radical (unpaired) electrons. The van der Waals surface area contributed by atoms with Crippen molar-refractivity contribution in [3.63, 3.8) is 0 Å². The molecule has 11 heteroatoms. The topological polar surface area (TPSA) is 94.5 Å². The molecule has 3 atom stereocenters. The van der Waals surface area contributed by atoms with E-state index in [-0.39, 0.29) is 65.8 Å². The largest absolute Gasteiger partial charge is 0.492 e. The maximum Gasteiger partial charge on any atom is 0.417 e. The molecule has 43 heavy (non-hydrogen) atoms. The van der Waals surface area contributed by atoms with Gasteiger partial charge in [-0.15, -0.1) is 0 Å². The first-order valence-electron chi connectivity index (χ1n) is 13.8. The van der Waals surface area contributed by atoms with Crippen LogP contribution in [0.4, 0.5) is 17.6 Å². The number of aliphatic hydroxyl groups excluding tert-OH is 1. The van der Waals surface area contributed by atoms with Crippen LogP contribution in [0.25, 0.3) is 11.1 Å². The number of halogens is 4. The van der Waals surface area contributed by atoms with E-state index in [0.29, 0.717) is 24.2 Å². The molecule has 7 nitrogen and oxygen atoms in total. The number of carbonyl (C=O) groups is 1. The van der Waals surface area contributed by atoms with Gasteiger partial charge in [0.1, 0.15) is 41.9 Å². The maximum atomic E-state index is 15.4. The molecule has 0 bridgehead atoms. The average molecular weight is 605 g/mol. The Morgan fingerprint density at radius 1 is 1.09 bits per heavy atom. The van der Waals surface area contributed by atoms with E-state index < -0.39 is 35.4 Å². The molecule has 1 aliphatic carbocycles. The van der Waals surface area contributed by atoms with Gasteiger partial charge in [-0.25, -0.2) is 4.39 Å². The lowest BCUT2D eigenvalue weighted by Crippen LogP contribution is -2.40. The molecule has 1 heterocycles. The van der Waals surface area contributed by atoms with Gasteiger partial charge >= 0.3 is 12.1 Å². The number of ether oxygens (including phenoxy) is 4. The van der Waals surface area contributed by atoms with E-state index in [0.717, 1.165) is 5.56 Å². The van der Waals surface area contributed by atoms with Crippen molar-refractivity contribution >= 4 is 5.97 Å². The highest BCUT2D eigenvalue weighted by Gasteiger charge is 2.40. The fraction of sp³-hybridized carbons (Fsp3) is 0.406. The monoisotopic (exact) mass is 604 g/mol. The van der Waals surface area contributed by atoms with Crippen molar-refractivity contribution in [3.8, 4) is 28.4 Å². The number of fused-ring (bicyclic) bond motifs is 2. The first-order chi connectivity index (χ1) is 20.3. The summed E-state index contributed by atoms with van der Waals surface area (Å²) < 4.78 is 80.0. The van der Waals surface area contributed by atoms with E-state index in [1.54, 1.807) is 18.2 Å². The minimum absolute atomic E-state index is 0.0709. The summed E-state index contributed by atoms with van der Waals surface area (Å²) in [6.45, 7) is 2.93. The van der Waals surface area contributed by atoms with Crippen LogP contribution in [0.15, 0.2) is 48.5 Å². The van der Waals surface area contributed by atoms with Gasteiger partial charge in [-0.1, -0.05) is 18.2 Å². The number of hydrogen-bond donors (Lipinski definition) is 2. The van der Waals surface area contributed by atoms with Crippen LogP contribution < -0.4 is 14.2 Å². The Balaban J connectivity index is 1.42. The van der Waals surface area contributed by atoms with Crippen molar-refractivity contribution in [2.75, 3.05) is 20.3 Å². The highest BCUT2D eigenvalue weighted by molar-refractivity contribution is 5.75. The Morgan fingerprint density at radius 2 is 1.79 bits per heavy atom. The summed E-state index contributed by atoms with van der Waals surface area (Å²) in [7, 11) is 1.31. The number of methoxy groups -OCH3 is 1. The van der Waals surface area contributed by atoms with Crippen LogP contribution in [0, 0.1) is 5.82 Å². The normalized spacial score (nSPS) is 18.4. The van der Waals surface area contributed by atoms with E-state index in [2.05, 4.69) is 0 Å². The average Bonchev–Trinajstić information content (AvgIpc) is 3.55. The van der Waals surface area contributed by atoms with Crippen molar-refractivity contribution in [1.29, 1.82) is 0 Å². The summed E-state index contributed by atoms with van der Waals surface area (Å²) in [6, 6.07) is 11.4. The van der Waals surface area contributed by atoms with Crippen molar-refractivity contribution in [1.82, 2.24) is 0 Å². The third-order valence-corrected chi connectivity index (χ3v) is 7.86. The molecule has 3 aromatic rings. The highest BCUT2D eigenvalue weighted by Crippen LogP contribution is 2.48. The van der Waals surface area contributed by atoms with Gasteiger partial charge in [-0.05, 0) is 67.6 Å². The summed E-state index contributed by atoms with van der Waals surface area (Å²) in [4.78, 5) is 11.7. The Kier molecular flexibility index (Phi) is 8.32. The maximum absolute atomic E-state index is 15.4. The minimum Gasteiger partial charge on any atom is -0.492 e. The molecular formula is C32H32F4O7. The summed E-state index contributed by atoms with van der Waals surface area (Å²) in [6.07, 6.45) is -6.24. The zero-order chi connectivity index (χ0) is 31.1. The van der Waals surface area contributed by atoms with E-state index in [1.807, 2.05) is 0 Å². The second-order valence-corrected chi connectivity index (χ2v) is 11.3. The molecule has 0 spiro atoms. The fourth-order valence-corrected chi connectivity index (χ4v) is 5.46. The van der Waals surface area contributed by atoms with Gasteiger partial charge < -0.3 is 29.2 Å². The van der Waals surface area contributed by atoms with Crippen LogP contribution in [0.1, 0.15) is 61.0 Å². The van der Waals surface area contributed by atoms with Crippen LogP contribution in [0.2, 0.25) is 0 Å². The van der Waals surface area contributed by atoms with Gasteiger partial charge in [0.25, 0.3) is 0 Å². The zero-order valence-corrected chi connectivity index (χ0v) is 23.8. The standard InChI is InChI=1S/C32H32F4O7/c1-31(2,39)27(37)16-41-19-6-4-17(5-7-19)29-22-10-11-25(30(22)24(33)14-23(29)32(34,35)36)43-20-8-9-21-18(12-28(38)40-3)15-42-26(21)13-20/h4-9,13-14,18,25,27,37,39H,10-12,15-16H2,1-3H3/t18?,25-,27?/m1/s1. The number of alkyl halides is 3. The van der Waals surface area contributed by atoms with Crippen LogP contribution in [0.5, 0.6) is 17.2 Å². The summed E-state index contributed by atoms with van der Waals surface area (Å²) >= 11 is 0. The lowest BCUT2D eigenvalue weighted by molar-refractivity contribution is -0.141. The van der Waals surface area contributed by atoms with Crippen molar-refractivity contribution < 1.29 is 51.5 Å². The first-order valence-corrected chi connectivity index (χ1v) is 13.8. The quantitative estimate of drug-likeness (QED) is 0.224. The molecule has 5 rings (SSSR count). The van der Waals surface area contributed by atoms with Gasteiger partial charge in [-0.3, -0.25) is 4.79 Å². The van der Waals surface area contributed by atoms with Crippen LogP contribution in [-0.4, -0.2) is 48.2 Å². The van der Waals surface area contributed by atoms with Crippen molar-refractivity contribution in [3.05, 3.63) is 76.6 Å². The molecule has 0 amide bonds. The van der Waals surface area contributed by atoms with Crippen LogP contribution >= 0.6 is 0 Å². The summed E-state index contributed by atoms with van der Waals surface area (Å²) in [5.74, 6) is -0.354. The number of carbonyl (C=O) groups excluding carboxylic acids is 1. The smallest absolute Gasteiger partial charge is 0.417 e. The van der Waals surface area contributed by atoms with E-state index in [9.17, 15) is 28.2 Å². The summed E-state index contributed by atoms with van der Waals surface area (Å²) in [5, 5.41) is 19.9. The number of hydrogen-bond acceptors (Lipinski definition) is 7. The molecule has 0 aromatic heterocycles. The Bertz CT molecular complexity index is 1500. The Labute approximate surface area is 246 Å². The lowest BCUT2D eigenvalue weighted by atomic mass is 9.91. The minimum atomic E-state index is -4.81. The second kappa shape index (κ2) is 11.7. The van der Waals surface area contributed by atoms with Gasteiger partial charge in [0.05, 0.1) is 31.3 Å². The molecule has 1 aliphatic heterocycles. The molecule has 0 saturated heterocycles. The van der Waals surface area contributed by atoms with Crippen molar-refractivity contribution in [2.24, 2.45) is 0 Å². The number of aliphatic hydroxyl groups is 2. The molecule has 2 N–H and O–H groups in total. The predicted molar refractivity (Wildman–Crippen MR) is 148 cm³/mol. The molecule has 2 aliphatic rings. The van der Waals surface area contributed by atoms with Gasteiger partial charge in [0.15, 0.2) is 0 Å². The van der Waals surface area contributed by atoms with Crippen LogP contribution in [0.3, 0.4) is 0 Å². The zero-order valence-electron chi connectivity index (χ0n) is 23.8. The van der Waals surface area contributed by atoms with E-state index in [1.165, 1.54) is 45.2 Å². The van der Waals surface area contributed by atoms with Crippen molar-refractivity contribution in [2.45, 2.75) is 63.0 Å². The fourth-order valence-electron chi connectivity index (χ4n) is 5.46. The number of rotatable bonds is 9.